The Bertz CT molecular complexity index is 1060. The van der Waals surface area contributed by atoms with Crippen LogP contribution in [0.1, 0.15) is 39.6 Å². The maximum absolute atomic E-state index is 12.6. The molecule has 0 aliphatic carbocycles. The maximum atomic E-state index is 12.6. The summed E-state index contributed by atoms with van der Waals surface area (Å²) in [5.41, 5.74) is 1.96. The van der Waals surface area contributed by atoms with Gasteiger partial charge in [0.2, 0.25) is 11.8 Å². The molecule has 1 atom stereocenters. The van der Waals surface area contributed by atoms with Gasteiger partial charge in [-0.25, -0.2) is 9.69 Å². The molecular formula is C24H23NO7S. The number of carbonyl (C=O) groups is 5. The van der Waals surface area contributed by atoms with Crippen molar-refractivity contribution in [2.75, 3.05) is 23.9 Å². The number of ketones is 1. The fraction of sp³-hybridized carbons (Fsp3) is 0.292. The molecule has 3 rings (SSSR count). The van der Waals surface area contributed by atoms with Crippen LogP contribution in [0.25, 0.3) is 0 Å². The molecule has 1 aliphatic heterocycles. The Hall–Kier alpha value is -3.46. The van der Waals surface area contributed by atoms with Gasteiger partial charge in [-0.05, 0) is 38.1 Å². The number of hydrogen-bond acceptors (Lipinski definition) is 8. The van der Waals surface area contributed by atoms with E-state index in [4.69, 9.17) is 9.47 Å². The first-order valence-electron chi connectivity index (χ1n) is 10.3. The molecule has 0 radical (unpaired) electrons. The summed E-state index contributed by atoms with van der Waals surface area (Å²) in [6, 6.07) is 12.7. The van der Waals surface area contributed by atoms with E-state index in [0.29, 0.717) is 11.3 Å². The SMILES string of the molecule is CCOC(=O)CSC1CC(=O)N(c2ccc(C(=O)OCC(=O)c3ccc(C)cc3)cc2)C1=O. The molecule has 2 aromatic rings. The molecule has 2 aromatic carbocycles. The van der Waals surface area contributed by atoms with Gasteiger partial charge in [0.1, 0.15) is 0 Å². The molecule has 33 heavy (non-hydrogen) atoms. The lowest BCUT2D eigenvalue weighted by molar-refractivity contribution is -0.139. The highest BCUT2D eigenvalue weighted by Crippen LogP contribution is 2.30. The third-order valence-corrected chi connectivity index (χ3v) is 6.06. The summed E-state index contributed by atoms with van der Waals surface area (Å²) in [5.74, 6) is -2.28. The quantitative estimate of drug-likeness (QED) is 0.313. The standard InChI is InChI=1S/C24H23NO7S/c1-3-31-22(28)14-33-20-12-21(27)25(23(20)29)18-10-8-17(9-11-18)24(30)32-13-19(26)16-6-4-15(2)5-7-16/h4-11,20H,3,12-14H2,1-2H3. The lowest BCUT2D eigenvalue weighted by atomic mass is 10.1. The van der Waals surface area contributed by atoms with Crippen LogP contribution in [0.2, 0.25) is 0 Å². The molecular weight excluding hydrogens is 446 g/mol. The Labute approximate surface area is 195 Å². The summed E-state index contributed by atoms with van der Waals surface area (Å²) in [6.45, 7) is 3.45. The van der Waals surface area contributed by atoms with Gasteiger partial charge in [0.05, 0.1) is 28.9 Å². The van der Waals surface area contributed by atoms with Gasteiger partial charge in [-0.1, -0.05) is 29.8 Å². The molecule has 1 fully saturated rings. The second-order valence-electron chi connectivity index (χ2n) is 7.29. The summed E-state index contributed by atoms with van der Waals surface area (Å²) in [5, 5.41) is -0.667. The van der Waals surface area contributed by atoms with Crippen molar-refractivity contribution in [1.29, 1.82) is 0 Å². The van der Waals surface area contributed by atoms with E-state index >= 15 is 0 Å². The Kier molecular flexibility index (Phi) is 8.00. The van der Waals surface area contributed by atoms with Crippen LogP contribution in [-0.4, -0.2) is 53.8 Å². The van der Waals surface area contributed by atoms with Gasteiger partial charge in [0, 0.05) is 12.0 Å². The molecule has 1 aliphatic rings. The van der Waals surface area contributed by atoms with Crippen LogP contribution < -0.4 is 4.90 Å². The highest BCUT2D eigenvalue weighted by molar-refractivity contribution is 8.01. The molecule has 8 nitrogen and oxygen atoms in total. The van der Waals surface area contributed by atoms with Crippen LogP contribution in [-0.2, 0) is 23.9 Å². The lowest BCUT2D eigenvalue weighted by Gasteiger charge is -2.15. The monoisotopic (exact) mass is 469 g/mol. The average molecular weight is 470 g/mol. The number of Topliss-reactive ketones (excluding diaryl/α,β-unsaturated/α-hetero) is 1. The minimum Gasteiger partial charge on any atom is -0.465 e. The maximum Gasteiger partial charge on any atom is 0.338 e. The van der Waals surface area contributed by atoms with Crippen LogP contribution in [0.15, 0.2) is 48.5 Å². The molecule has 9 heteroatoms. The molecule has 1 saturated heterocycles. The van der Waals surface area contributed by atoms with Crippen molar-refractivity contribution in [2.24, 2.45) is 0 Å². The zero-order chi connectivity index (χ0) is 24.0. The van der Waals surface area contributed by atoms with Gasteiger partial charge in [0.15, 0.2) is 12.4 Å². The largest absolute Gasteiger partial charge is 0.465 e. The number of anilines is 1. The number of amides is 2. The summed E-state index contributed by atoms with van der Waals surface area (Å²) in [4.78, 5) is 62.0. The first-order chi connectivity index (χ1) is 15.8. The molecule has 2 amide bonds. The highest BCUT2D eigenvalue weighted by atomic mass is 32.2. The number of benzene rings is 2. The second kappa shape index (κ2) is 10.9. The first-order valence-corrected chi connectivity index (χ1v) is 11.4. The summed E-state index contributed by atoms with van der Waals surface area (Å²) in [7, 11) is 0. The van der Waals surface area contributed by atoms with Gasteiger partial charge in [0.25, 0.3) is 0 Å². The van der Waals surface area contributed by atoms with Crippen molar-refractivity contribution in [2.45, 2.75) is 25.5 Å². The Morgan fingerprint density at radius 3 is 2.24 bits per heavy atom. The van der Waals surface area contributed by atoms with E-state index in [2.05, 4.69) is 0 Å². The van der Waals surface area contributed by atoms with Crippen molar-refractivity contribution < 1.29 is 33.4 Å². The van der Waals surface area contributed by atoms with Crippen molar-refractivity contribution >= 4 is 47.0 Å². The number of nitrogens with zero attached hydrogens (tertiary/aromatic N) is 1. The minimum absolute atomic E-state index is 0.0164. The predicted molar refractivity (Wildman–Crippen MR) is 122 cm³/mol. The van der Waals surface area contributed by atoms with Gasteiger partial charge < -0.3 is 9.47 Å². The number of thioether (sulfide) groups is 1. The van der Waals surface area contributed by atoms with Crippen molar-refractivity contribution in [1.82, 2.24) is 0 Å². The molecule has 0 N–H and O–H groups in total. The summed E-state index contributed by atoms with van der Waals surface area (Å²) in [6.07, 6.45) is -0.0200. The van der Waals surface area contributed by atoms with E-state index < -0.39 is 29.7 Å². The fourth-order valence-electron chi connectivity index (χ4n) is 3.16. The zero-order valence-corrected chi connectivity index (χ0v) is 19.1. The average Bonchev–Trinajstić information content (AvgIpc) is 3.09. The van der Waals surface area contributed by atoms with Gasteiger partial charge in [-0.2, -0.15) is 0 Å². The van der Waals surface area contributed by atoms with Gasteiger partial charge in [-0.3, -0.25) is 19.2 Å². The highest BCUT2D eigenvalue weighted by Gasteiger charge is 2.40. The van der Waals surface area contributed by atoms with Crippen molar-refractivity contribution in [3.8, 4) is 0 Å². The Balaban J connectivity index is 1.57. The van der Waals surface area contributed by atoms with Crippen LogP contribution in [0.3, 0.4) is 0 Å². The number of aryl methyl sites for hydroxylation is 1. The number of hydrogen-bond donors (Lipinski definition) is 0. The van der Waals surface area contributed by atoms with E-state index in [0.717, 1.165) is 22.2 Å². The topological polar surface area (TPSA) is 107 Å². The van der Waals surface area contributed by atoms with E-state index in [1.165, 1.54) is 24.3 Å². The molecule has 1 heterocycles. The zero-order valence-electron chi connectivity index (χ0n) is 18.2. The lowest BCUT2D eigenvalue weighted by Crippen LogP contribution is -2.31. The van der Waals surface area contributed by atoms with Gasteiger partial charge >= 0.3 is 11.9 Å². The first kappa shape index (κ1) is 24.2. The normalized spacial score (nSPS) is 15.5. The Morgan fingerprint density at radius 2 is 1.61 bits per heavy atom. The number of ether oxygens (including phenoxy) is 2. The summed E-state index contributed by atoms with van der Waals surface area (Å²) >= 11 is 1.07. The predicted octanol–water partition coefficient (Wildman–Crippen LogP) is 2.96. The van der Waals surface area contributed by atoms with E-state index in [1.807, 2.05) is 6.92 Å². The molecule has 0 spiro atoms. The van der Waals surface area contributed by atoms with Gasteiger partial charge in [-0.15, -0.1) is 11.8 Å². The fourth-order valence-corrected chi connectivity index (χ4v) is 4.09. The molecule has 172 valence electrons. The molecule has 1 unspecified atom stereocenters. The van der Waals surface area contributed by atoms with Crippen LogP contribution in [0, 0.1) is 6.92 Å². The smallest absolute Gasteiger partial charge is 0.338 e. The molecule has 0 saturated carbocycles. The third kappa shape index (κ3) is 6.07. The van der Waals surface area contributed by atoms with Crippen LogP contribution in [0.5, 0.6) is 0 Å². The molecule has 0 aromatic heterocycles. The van der Waals surface area contributed by atoms with Crippen molar-refractivity contribution in [3.63, 3.8) is 0 Å². The van der Waals surface area contributed by atoms with E-state index in [1.54, 1.807) is 31.2 Å². The van der Waals surface area contributed by atoms with E-state index in [9.17, 15) is 24.0 Å². The Morgan fingerprint density at radius 1 is 0.970 bits per heavy atom. The van der Waals surface area contributed by atoms with Crippen molar-refractivity contribution in [3.05, 3.63) is 65.2 Å². The molecule has 0 bridgehead atoms. The number of rotatable bonds is 9. The number of imide groups is 1. The van der Waals surface area contributed by atoms with E-state index in [-0.39, 0.29) is 36.0 Å². The summed E-state index contributed by atoms with van der Waals surface area (Å²) < 4.78 is 9.93. The number of esters is 2. The second-order valence-corrected chi connectivity index (χ2v) is 8.48. The minimum atomic E-state index is -0.691. The number of carbonyl (C=O) groups excluding carboxylic acids is 5. The third-order valence-electron chi connectivity index (χ3n) is 4.88. The van der Waals surface area contributed by atoms with Crippen LogP contribution in [0.4, 0.5) is 5.69 Å². The van der Waals surface area contributed by atoms with Crippen LogP contribution >= 0.6 is 11.8 Å².